The van der Waals surface area contributed by atoms with Gasteiger partial charge in [-0.3, -0.25) is 4.99 Å². The number of hydrogen-bond donors (Lipinski definition) is 0. The van der Waals surface area contributed by atoms with E-state index in [1.54, 1.807) is 6.08 Å². The van der Waals surface area contributed by atoms with Crippen LogP contribution in [0.5, 0.6) is 0 Å². The predicted octanol–water partition coefficient (Wildman–Crippen LogP) is 2.81. The molecule has 2 heterocycles. The maximum absolute atomic E-state index is 12.3. The summed E-state index contributed by atoms with van der Waals surface area (Å²) in [5.41, 5.74) is 3.67. The highest BCUT2D eigenvalue weighted by atomic mass is 16.6. The van der Waals surface area contributed by atoms with E-state index in [1.165, 1.54) is 0 Å². The van der Waals surface area contributed by atoms with Gasteiger partial charge in [0, 0.05) is 22.6 Å². The molecule has 4 rings (SSSR count). The van der Waals surface area contributed by atoms with E-state index in [4.69, 9.17) is 4.74 Å². The lowest BCUT2D eigenvalue weighted by Crippen LogP contribution is -2.29. The van der Waals surface area contributed by atoms with Crippen LogP contribution >= 0.6 is 0 Å². The van der Waals surface area contributed by atoms with Gasteiger partial charge in [-0.05, 0) is 44.2 Å². The molecule has 2 aromatic rings. The van der Waals surface area contributed by atoms with Crippen LogP contribution in [0.15, 0.2) is 52.4 Å². The molecule has 0 amide bonds. The molecule has 0 bridgehead atoms. The van der Waals surface area contributed by atoms with Gasteiger partial charge in [-0.15, -0.1) is 0 Å². The minimum absolute atomic E-state index is 0.334. The number of para-hydroxylation sites is 1. The molecule has 0 radical (unpaired) electrons. The van der Waals surface area contributed by atoms with Crippen molar-refractivity contribution >= 4 is 40.9 Å². The lowest BCUT2D eigenvalue weighted by Gasteiger charge is -2.18. The maximum Gasteiger partial charge on any atom is 0.357 e. The van der Waals surface area contributed by atoms with Crippen molar-refractivity contribution < 1.29 is 9.53 Å². The SMILES string of the molecule is CC(C)(C)OC(=O)C1=Nc2cccc(=C3C=Nc4ccccc43)c2=C1. The molecule has 0 saturated heterocycles. The summed E-state index contributed by atoms with van der Waals surface area (Å²) in [4.78, 5) is 21.3. The quantitative estimate of drug-likeness (QED) is 0.755. The molecule has 25 heavy (non-hydrogen) atoms. The summed E-state index contributed by atoms with van der Waals surface area (Å²) in [5, 5.41) is 1.95. The molecule has 4 nitrogen and oxygen atoms in total. The second-order valence-electron chi connectivity index (χ2n) is 7.07. The van der Waals surface area contributed by atoms with E-state index in [9.17, 15) is 4.79 Å². The summed E-state index contributed by atoms with van der Waals surface area (Å²) in [5.74, 6) is -0.403. The molecular weight excluding hydrogens is 312 g/mol. The van der Waals surface area contributed by atoms with Crippen molar-refractivity contribution in [3.63, 3.8) is 0 Å². The summed E-state index contributed by atoms with van der Waals surface area (Å²) in [7, 11) is 0. The lowest BCUT2D eigenvalue weighted by molar-refractivity contribution is -0.145. The summed E-state index contributed by atoms with van der Waals surface area (Å²) >= 11 is 0. The third-order valence-electron chi connectivity index (χ3n) is 4.03. The summed E-state index contributed by atoms with van der Waals surface area (Å²) in [6.07, 6.45) is 3.68. The third-order valence-corrected chi connectivity index (χ3v) is 4.03. The standard InChI is InChI=1S/C21H18N2O2/c1-21(2,3)25-20(24)19-11-15-13(8-6-10-18(15)23-19)16-12-22-17-9-5-4-7-14(16)17/h4-12H,1-3H3. The number of aliphatic imine (C=N–C) groups is 2. The third kappa shape index (κ3) is 2.80. The average Bonchev–Trinajstić information content (AvgIpc) is 3.17. The Labute approximate surface area is 145 Å². The van der Waals surface area contributed by atoms with Crippen molar-refractivity contribution in [2.24, 2.45) is 9.98 Å². The molecule has 2 aliphatic heterocycles. The molecule has 2 aliphatic rings. The zero-order chi connectivity index (χ0) is 17.6. The van der Waals surface area contributed by atoms with Gasteiger partial charge in [-0.25, -0.2) is 9.79 Å². The first-order chi connectivity index (χ1) is 11.9. The number of fused-ring (bicyclic) bond motifs is 2. The summed E-state index contributed by atoms with van der Waals surface area (Å²) in [6, 6.07) is 13.9. The largest absolute Gasteiger partial charge is 0.455 e. The monoisotopic (exact) mass is 330 g/mol. The van der Waals surface area contributed by atoms with Crippen LogP contribution in [0.25, 0.3) is 11.6 Å². The highest BCUT2D eigenvalue weighted by Crippen LogP contribution is 2.29. The second-order valence-corrected chi connectivity index (χ2v) is 7.07. The normalized spacial score (nSPS) is 16.8. The fraction of sp³-hybridized carbons (Fsp3) is 0.190. The summed E-state index contributed by atoms with van der Waals surface area (Å²) in [6.45, 7) is 5.54. The van der Waals surface area contributed by atoms with E-state index in [0.717, 1.165) is 32.9 Å². The van der Waals surface area contributed by atoms with E-state index in [0.29, 0.717) is 5.71 Å². The van der Waals surface area contributed by atoms with Crippen molar-refractivity contribution in [2.45, 2.75) is 26.4 Å². The molecule has 2 aromatic carbocycles. The van der Waals surface area contributed by atoms with E-state index in [-0.39, 0.29) is 0 Å². The van der Waals surface area contributed by atoms with Gasteiger partial charge in [0.2, 0.25) is 0 Å². The highest BCUT2D eigenvalue weighted by Gasteiger charge is 2.23. The van der Waals surface area contributed by atoms with Crippen LogP contribution in [0.3, 0.4) is 0 Å². The zero-order valence-electron chi connectivity index (χ0n) is 14.4. The first kappa shape index (κ1) is 15.5. The number of carbonyl (C=O) groups is 1. The minimum atomic E-state index is -0.545. The lowest BCUT2D eigenvalue weighted by atomic mass is 10.0. The fourth-order valence-corrected chi connectivity index (χ4v) is 3.00. The number of esters is 1. The molecule has 0 atom stereocenters. The first-order valence-electron chi connectivity index (χ1n) is 8.23. The van der Waals surface area contributed by atoms with Gasteiger partial charge < -0.3 is 4.74 Å². The maximum atomic E-state index is 12.3. The first-order valence-corrected chi connectivity index (χ1v) is 8.23. The summed E-state index contributed by atoms with van der Waals surface area (Å²) < 4.78 is 5.44. The number of rotatable bonds is 1. The Morgan fingerprint density at radius 3 is 2.56 bits per heavy atom. The number of hydrogen-bond acceptors (Lipinski definition) is 4. The number of ether oxygens (including phenoxy) is 1. The van der Waals surface area contributed by atoms with E-state index >= 15 is 0 Å². The van der Waals surface area contributed by atoms with Crippen LogP contribution in [0, 0.1) is 0 Å². The van der Waals surface area contributed by atoms with Crippen LogP contribution in [-0.4, -0.2) is 23.5 Å². The Hall–Kier alpha value is -3.01. The Morgan fingerprint density at radius 1 is 1.00 bits per heavy atom. The van der Waals surface area contributed by atoms with Gasteiger partial charge >= 0.3 is 5.97 Å². The van der Waals surface area contributed by atoms with Crippen molar-refractivity contribution in [3.05, 3.63) is 58.5 Å². The van der Waals surface area contributed by atoms with Crippen molar-refractivity contribution in [1.82, 2.24) is 0 Å². The van der Waals surface area contributed by atoms with E-state index in [1.807, 2.05) is 63.4 Å². The van der Waals surface area contributed by atoms with E-state index in [2.05, 4.69) is 16.1 Å². The van der Waals surface area contributed by atoms with Crippen molar-refractivity contribution in [1.29, 1.82) is 0 Å². The molecule has 4 heteroatoms. The van der Waals surface area contributed by atoms with Crippen LogP contribution in [0.1, 0.15) is 26.3 Å². The minimum Gasteiger partial charge on any atom is -0.455 e. The molecule has 0 unspecified atom stereocenters. The molecule has 0 N–H and O–H groups in total. The van der Waals surface area contributed by atoms with E-state index < -0.39 is 11.6 Å². The number of benzene rings is 2. The zero-order valence-corrected chi connectivity index (χ0v) is 14.4. The Morgan fingerprint density at radius 2 is 1.76 bits per heavy atom. The van der Waals surface area contributed by atoms with Crippen molar-refractivity contribution in [3.8, 4) is 0 Å². The van der Waals surface area contributed by atoms with Gasteiger partial charge in [-0.1, -0.05) is 30.3 Å². The topological polar surface area (TPSA) is 51.0 Å². The number of carbonyl (C=O) groups excluding carboxylic acids is 1. The van der Waals surface area contributed by atoms with Gasteiger partial charge in [0.05, 0.1) is 11.4 Å². The van der Waals surface area contributed by atoms with Crippen LogP contribution in [0.2, 0.25) is 0 Å². The second kappa shape index (κ2) is 5.52. The number of nitrogens with zero attached hydrogens (tertiary/aromatic N) is 2. The fourth-order valence-electron chi connectivity index (χ4n) is 3.00. The molecule has 124 valence electrons. The van der Waals surface area contributed by atoms with Crippen LogP contribution in [0.4, 0.5) is 11.4 Å². The molecule has 0 spiro atoms. The van der Waals surface area contributed by atoms with Crippen molar-refractivity contribution in [2.75, 3.05) is 0 Å². The van der Waals surface area contributed by atoms with Crippen LogP contribution < -0.4 is 10.4 Å². The average molecular weight is 330 g/mol. The molecular formula is C21H18N2O2. The molecule has 0 aromatic heterocycles. The smallest absolute Gasteiger partial charge is 0.357 e. The molecule has 0 saturated carbocycles. The van der Waals surface area contributed by atoms with Gasteiger partial charge in [-0.2, -0.15) is 0 Å². The Balaban J connectivity index is 1.85. The Bertz CT molecular complexity index is 1070. The molecule has 0 fully saturated rings. The Kier molecular flexibility index (Phi) is 3.42. The molecule has 0 aliphatic carbocycles. The van der Waals surface area contributed by atoms with Gasteiger partial charge in [0.15, 0.2) is 0 Å². The predicted molar refractivity (Wildman–Crippen MR) is 100 cm³/mol. The highest BCUT2D eigenvalue weighted by molar-refractivity contribution is 6.49. The van der Waals surface area contributed by atoms with Crippen LogP contribution in [-0.2, 0) is 9.53 Å². The van der Waals surface area contributed by atoms with Gasteiger partial charge in [0.25, 0.3) is 0 Å². The van der Waals surface area contributed by atoms with Gasteiger partial charge in [0.1, 0.15) is 11.3 Å².